The molecule has 2 saturated heterocycles. The molecule has 3 aliphatic rings. The van der Waals surface area contributed by atoms with E-state index in [0.717, 1.165) is 37.8 Å². The highest BCUT2D eigenvalue weighted by molar-refractivity contribution is 5.89. The highest BCUT2D eigenvalue weighted by atomic mass is 16.5. The monoisotopic (exact) mass is 492 g/mol. The zero-order valence-electron chi connectivity index (χ0n) is 20.9. The van der Waals surface area contributed by atoms with E-state index in [1.54, 1.807) is 24.3 Å². The minimum Gasteiger partial charge on any atom is -0.484 e. The lowest BCUT2D eigenvalue weighted by Gasteiger charge is -2.27. The van der Waals surface area contributed by atoms with Crippen LogP contribution >= 0.6 is 0 Å². The van der Waals surface area contributed by atoms with E-state index in [-0.39, 0.29) is 24.0 Å². The summed E-state index contributed by atoms with van der Waals surface area (Å²) in [6.45, 7) is 4.25. The van der Waals surface area contributed by atoms with E-state index in [1.807, 2.05) is 6.92 Å². The average Bonchev–Trinajstić information content (AvgIpc) is 3.61. The highest BCUT2D eigenvalue weighted by Gasteiger charge is 2.30. The van der Waals surface area contributed by atoms with Crippen molar-refractivity contribution in [3.63, 3.8) is 0 Å². The van der Waals surface area contributed by atoms with Crippen LogP contribution in [0, 0.1) is 0 Å². The van der Waals surface area contributed by atoms with Gasteiger partial charge in [0.1, 0.15) is 24.1 Å². The molecule has 1 saturated carbocycles. The fourth-order valence-corrected chi connectivity index (χ4v) is 4.97. The van der Waals surface area contributed by atoms with Crippen molar-refractivity contribution in [2.45, 2.75) is 75.7 Å². The van der Waals surface area contributed by atoms with Gasteiger partial charge in [-0.25, -0.2) is 4.79 Å². The topological polar surface area (TPSA) is 85.9 Å². The molecule has 7 heteroatoms. The van der Waals surface area contributed by atoms with Gasteiger partial charge in [-0.15, -0.1) is 0 Å². The normalized spacial score (nSPS) is 23.5. The van der Waals surface area contributed by atoms with Gasteiger partial charge in [0.2, 0.25) is 5.91 Å². The molecule has 5 rings (SSSR count). The maximum atomic E-state index is 12.7. The second-order valence-corrected chi connectivity index (χ2v) is 10.2. The van der Waals surface area contributed by atoms with E-state index < -0.39 is 12.2 Å². The van der Waals surface area contributed by atoms with E-state index in [9.17, 15) is 9.59 Å². The first-order valence-corrected chi connectivity index (χ1v) is 13.3. The minimum absolute atomic E-state index is 0.0847. The second-order valence-electron chi connectivity index (χ2n) is 10.2. The molecule has 0 radical (unpaired) electrons. The Balaban J connectivity index is 1.27. The first-order valence-electron chi connectivity index (χ1n) is 13.3. The second kappa shape index (κ2) is 11.4. The van der Waals surface area contributed by atoms with Crippen LogP contribution in [0.4, 0.5) is 0 Å². The fraction of sp³-hybridized carbons (Fsp3) is 0.517. The van der Waals surface area contributed by atoms with Crippen molar-refractivity contribution < 1.29 is 23.8 Å². The van der Waals surface area contributed by atoms with Crippen LogP contribution in [0.5, 0.6) is 5.75 Å². The summed E-state index contributed by atoms with van der Waals surface area (Å²) in [5, 5.41) is 6.35. The molecular formula is C29H36N2O5. The highest BCUT2D eigenvalue weighted by Crippen LogP contribution is 2.40. The number of ether oxygens (including phenoxy) is 3. The third kappa shape index (κ3) is 6.26. The number of hydrogen-bond donors (Lipinski definition) is 2. The summed E-state index contributed by atoms with van der Waals surface area (Å²) in [6.07, 6.45) is 5.17. The van der Waals surface area contributed by atoms with Crippen LogP contribution in [0.1, 0.15) is 79.0 Å². The van der Waals surface area contributed by atoms with Crippen molar-refractivity contribution in [2.24, 2.45) is 0 Å². The van der Waals surface area contributed by atoms with E-state index >= 15 is 0 Å². The summed E-state index contributed by atoms with van der Waals surface area (Å²) in [5.41, 5.74) is 2.84. The SMILES string of the molecule is C[C@H](NC(=O)[C@H]1CCCO1)[C@H](Oc1ccc(C(=O)O[C@H]2CCCNC2)cc1)c1ccc(C2CC2)cc1. The average molecular weight is 493 g/mol. The van der Waals surface area contributed by atoms with Gasteiger partial charge in [-0.05, 0) is 93.3 Å². The molecule has 0 unspecified atom stereocenters. The third-order valence-electron chi connectivity index (χ3n) is 7.24. The number of rotatable bonds is 9. The van der Waals surface area contributed by atoms with E-state index in [1.165, 1.54) is 18.4 Å². The van der Waals surface area contributed by atoms with E-state index in [4.69, 9.17) is 14.2 Å². The summed E-state index contributed by atoms with van der Waals surface area (Å²) < 4.78 is 17.6. The molecule has 3 fully saturated rings. The molecule has 192 valence electrons. The van der Waals surface area contributed by atoms with Gasteiger partial charge in [-0.2, -0.15) is 0 Å². The maximum Gasteiger partial charge on any atom is 0.338 e. The quantitative estimate of drug-likeness (QED) is 0.509. The van der Waals surface area contributed by atoms with Gasteiger partial charge < -0.3 is 24.8 Å². The Morgan fingerprint density at radius 1 is 1.00 bits per heavy atom. The number of nitrogens with one attached hydrogen (secondary N) is 2. The molecule has 1 amide bonds. The van der Waals surface area contributed by atoms with Crippen LogP contribution < -0.4 is 15.4 Å². The number of esters is 1. The van der Waals surface area contributed by atoms with Gasteiger partial charge in [-0.3, -0.25) is 4.79 Å². The Hall–Kier alpha value is -2.90. The van der Waals surface area contributed by atoms with Crippen LogP contribution in [0.3, 0.4) is 0 Å². The zero-order chi connectivity index (χ0) is 24.9. The molecule has 2 aromatic carbocycles. The van der Waals surface area contributed by atoms with Crippen molar-refractivity contribution in [1.82, 2.24) is 10.6 Å². The van der Waals surface area contributed by atoms with Gasteiger partial charge in [0.05, 0.1) is 11.6 Å². The molecule has 7 nitrogen and oxygen atoms in total. The summed E-state index contributed by atoms with van der Waals surface area (Å²) in [5.74, 6) is 0.880. The molecule has 2 heterocycles. The third-order valence-corrected chi connectivity index (χ3v) is 7.24. The maximum absolute atomic E-state index is 12.7. The van der Waals surface area contributed by atoms with Crippen molar-refractivity contribution >= 4 is 11.9 Å². The van der Waals surface area contributed by atoms with Crippen LogP contribution in [0.25, 0.3) is 0 Å². The van der Waals surface area contributed by atoms with Gasteiger partial charge >= 0.3 is 5.97 Å². The molecule has 0 bridgehead atoms. The van der Waals surface area contributed by atoms with Crippen molar-refractivity contribution in [2.75, 3.05) is 19.7 Å². The van der Waals surface area contributed by atoms with Crippen LogP contribution in [0.15, 0.2) is 48.5 Å². The Morgan fingerprint density at radius 2 is 1.78 bits per heavy atom. The lowest BCUT2D eigenvalue weighted by atomic mass is 10.00. The first-order chi connectivity index (χ1) is 17.6. The molecule has 4 atom stereocenters. The molecule has 2 N–H and O–H groups in total. The van der Waals surface area contributed by atoms with Crippen LogP contribution in [-0.4, -0.2) is 49.8 Å². The standard InChI is InChI=1S/C29H36N2O5/c1-19(31-28(32)26-5-3-17-34-26)27(22-10-8-21(9-11-22)20-6-7-20)35-24-14-12-23(13-15-24)29(33)36-25-4-2-16-30-18-25/h8-15,19-20,25-27,30H,2-7,16-18H2,1H3,(H,31,32)/t19-,25-,26+,27-/m0/s1. The van der Waals surface area contributed by atoms with Gasteiger partial charge in [0.15, 0.2) is 0 Å². The predicted molar refractivity (Wildman–Crippen MR) is 136 cm³/mol. The van der Waals surface area contributed by atoms with Crippen LogP contribution in [0.2, 0.25) is 0 Å². The summed E-state index contributed by atoms with van der Waals surface area (Å²) in [7, 11) is 0. The minimum atomic E-state index is -0.394. The lowest BCUT2D eigenvalue weighted by Crippen LogP contribution is -2.44. The number of amides is 1. The molecule has 0 spiro atoms. The zero-order valence-corrected chi connectivity index (χ0v) is 20.9. The number of benzene rings is 2. The van der Waals surface area contributed by atoms with Crippen LogP contribution in [-0.2, 0) is 14.3 Å². The molecule has 2 aliphatic heterocycles. The van der Waals surface area contributed by atoms with Crippen molar-refractivity contribution in [1.29, 1.82) is 0 Å². The van der Waals surface area contributed by atoms with E-state index in [0.29, 0.717) is 30.4 Å². The van der Waals surface area contributed by atoms with Gasteiger partial charge in [0, 0.05) is 13.2 Å². The number of piperidine rings is 1. The largest absolute Gasteiger partial charge is 0.484 e. The Labute approximate surface area is 212 Å². The van der Waals surface area contributed by atoms with Crippen molar-refractivity contribution in [3.8, 4) is 5.75 Å². The number of carbonyl (C=O) groups excluding carboxylic acids is 2. The molecule has 2 aromatic rings. The van der Waals surface area contributed by atoms with Gasteiger partial charge in [0.25, 0.3) is 0 Å². The summed E-state index contributed by atoms with van der Waals surface area (Å²) in [4.78, 5) is 25.3. The lowest BCUT2D eigenvalue weighted by molar-refractivity contribution is -0.131. The van der Waals surface area contributed by atoms with E-state index in [2.05, 4.69) is 34.9 Å². The Morgan fingerprint density at radius 3 is 2.42 bits per heavy atom. The van der Waals surface area contributed by atoms with Gasteiger partial charge in [-0.1, -0.05) is 24.3 Å². The molecule has 0 aromatic heterocycles. The fourth-order valence-electron chi connectivity index (χ4n) is 4.97. The number of hydrogen-bond acceptors (Lipinski definition) is 6. The smallest absolute Gasteiger partial charge is 0.338 e. The van der Waals surface area contributed by atoms with Crippen molar-refractivity contribution in [3.05, 3.63) is 65.2 Å². The Bertz CT molecular complexity index is 1020. The predicted octanol–water partition coefficient (Wildman–Crippen LogP) is 4.28. The number of carbonyl (C=O) groups is 2. The summed E-state index contributed by atoms with van der Waals surface area (Å²) >= 11 is 0. The molecule has 1 aliphatic carbocycles. The molecular weight excluding hydrogens is 456 g/mol. The molecule has 36 heavy (non-hydrogen) atoms. The summed E-state index contributed by atoms with van der Waals surface area (Å²) in [6, 6.07) is 15.3. The Kier molecular flexibility index (Phi) is 7.87. The first kappa shape index (κ1) is 24.8.